The van der Waals surface area contributed by atoms with Gasteiger partial charge in [0.05, 0.1) is 12.1 Å². The molecule has 0 saturated heterocycles. The van der Waals surface area contributed by atoms with E-state index in [2.05, 4.69) is 36.6 Å². The van der Waals surface area contributed by atoms with Crippen molar-refractivity contribution in [2.75, 3.05) is 6.54 Å². The molecule has 1 fully saturated rings. The van der Waals surface area contributed by atoms with Gasteiger partial charge in [0, 0.05) is 6.54 Å². The summed E-state index contributed by atoms with van der Waals surface area (Å²) in [4.78, 5) is 12.0. The molecule has 0 aliphatic heterocycles. The second-order valence-electron chi connectivity index (χ2n) is 6.36. The Bertz CT molecular complexity index is 443. The SMILES string of the molecule is CC(C)CC(O)CNC(=O)NC(c1ccccc1)C1CC1. The first-order valence-electron chi connectivity index (χ1n) is 7.83. The predicted molar refractivity (Wildman–Crippen MR) is 83.9 cm³/mol. The maximum absolute atomic E-state index is 12.0. The Morgan fingerprint density at radius 2 is 1.95 bits per heavy atom. The maximum atomic E-state index is 12.0. The van der Waals surface area contributed by atoms with E-state index in [9.17, 15) is 9.90 Å². The van der Waals surface area contributed by atoms with Gasteiger partial charge in [0.15, 0.2) is 0 Å². The van der Waals surface area contributed by atoms with Gasteiger partial charge >= 0.3 is 6.03 Å². The molecule has 4 nitrogen and oxygen atoms in total. The van der Waals surface area contributed by atoms with Crippen molar-refractivity contribution in [3.05, 3.63) is 35.9 Å². The molecule has 1 aromatic rings. The average molecular weight is 290 g/mol. The summed E-state index contributed by atoms with van der Waals surface area (Å²) in [5.74, 6) is 0.965. The van der Waals surface area contributed by atoms with Gasteiger partial charge in [-0.25, -0.2) is 4.79 Å². The molecule has 1 aliphatic carbocycles. The largest absolute Gasteiger partial charge is 0.391 e. The Morgan fingerprint density at radius 3 is 2.52 bits per heavy atom. The van der Waals surface area contributed by atoms with E-state index >= 15 is 0 Å². The summed E-state index contributed by atoms with van der Waals surface area (Å²) in [5.41, 5.74) is 1.15. The second kappa shape index (κ2) is 7.46. The molecule has 0 aromatic heterocycles. The van der Waals surface area contributed by atoms with E-state index in [4.69, 9.17) is 0 Å². The zero-order valence-electron chi connectivity index (χ0n) is 12.9. The van der Waals surface area contributed by atoms with Gasteiger partial charge in [-0.3, -0.25) is 0 Å². The number of aliphatic hydroxyl groups is 1. The lowest BCUT2D eigenvalue weighted by Crippen LogP contribution is -2.42. The van der Waals surface area contributed by atoms with E-state index in [-0.39, 0.29) is 12.1 Å². The van der Waals surface area contributed by atoms with Crippen LogP contribution in [0.25, 0.3) is 0 Å². The topological polar surface area (TPSA) is 61.4 Å². The van der Waals surface area contributed by atoms with E-state index in [0.717, 1.165) is 18.4 Å². The summed E-state index contributed by atoms with van der Waals surface area (Å²) < 4.78 is 0. The van der Waals surface area contributed by atoms with Crippen LogP contribution in [0.15, 0.2) is 30.3 Å². The molecular weight excluding hydrogens is 264 g/mol. The number of benzene rings is 1. The molecule has 4 heteroatoms. The fourth-order valence-corrected chi connectivity index (χ4v) is 2.59. The van der Waals surface area contributed by atoms with Crippen molar-refractivity contribution in [3.8, 4) is 0 Å². The molecule has 1 saturated carbocycles. The number of hydrogen-bond acceptors (Lipinski definition) is 2. The summed E-state index contributed by atoms with van der Waals surface area (Å²) in [5, 5.41) is 15.6. The third-order valence-corrected chi connectivity index (χ3v) is 3.78. The van der Waals surface area contributed by atoms with Crippen LogP contribution in [-0.4, -0.2) is 23.8 Å². The molecule has 3 N–H and O–H groups in total. The third kappa shape index (κ3) is 5.38. The van der Waals surface area contributed by atoms with Crippen molar-refractivity contribution in [1.29, 1.82) is 0 Å². The van der Waals surface area contributed by atoms with Crippen LogP contribution in [0.4, 0.5) is 4.79 Å². The fourth-order valence-electron chi connectivity index (χ4n) is 2.59. The van der Waals surface area contributed by atoms with E-state index in [1.807, 2.05) is 18.2 Å². The van der Waals surface area contributed by atoms with Gasteiger partial charge in [-0.1, -0.05) is 44.2 Å². The van der Waals surface area contributed by atoms with Crippen molar-refractivity contribution in [2.45, 2.75) is 45.3 Å². The van der Waals surface area contributed by atoms with E-state index in [0.29, 0.717) is 24.8 Å². The normalized spacial score (nSPS) is 17.3. The van der Waals surface area contributed by atoms with E-state index < -0.39 is 6.10 Å². The first-order valence-corrected chi connectivity index (χ1v) is 7.83. The molecule has 1 aromatic carbocycles. The highest BCUT2D eigenvalue weighted by molar-refractivity contribution is 5.74. The Hall–Kier alpha value is -1.55. The average Bonchev–Trinajstić information content (AvgIpc) is 3.27. The van der Waals surface area contributed by atoms with Gasteiger partial charge in [0.1, 0.15) is 0 Å². The fraction of sp³-hybridized carbons (Fsp3) is 0.588. The molecule has 2 atom stereocenters. The minimum absolute atomic E-state index is 0.0773. The van der Waals surface area contributed by atoms with Crippen molar-refractivity contribution in [3.63, 3.8) is 0 Å². The number of hydrogen-bond donors (Lipinski definition) is 3. The summed E-state index contributed by atoms with van der Waals surface area (Å²) in [7, 11) is 0. The molecule has 2 unspecified atom stereocenters. The lowest BCUT2D eigenvalue weighted by atomic mass is 10.0. The molecule has 2 amide bonds. The van der Waals surface area contributed by atoms with E-state index in [1.165, 1.54) is 0 Å². The van der Waals surface area contributed by atoms with Crippen molar-refractivity contribution < 1.29 is 9.90 Å². The summed E-state index contributed by atoms with van der Waals surface area (Å²) in [6.45, 7) is 4.42. The summed E-state index contributed by atoms with van der Waals surface area (Å²) >= 11 is 0. The zero-order chi connectivity index (χ0) is 15.2. The molecular formula is C17H26N2O2. The van der Waals surface area contributed by atoms with Gasteiger partial charge in [-0.2, -0.15) is 0 Å². The monoisotopic (exact) mass is 290 g/mol. The van der Waals surface area contributed by atoms with Gasteiger partial charge in [0.2, 0.25) is 0 Å². The smallest absolute Gasteiger partial charge is 0.315 e. The lowest BCUT2D eigenvalue weighted by Gasteiger charge is -2.20. The first kappa shape index (κ1) is 15.8. The number of nitrogens with one attached hydrogen (secondary N) is 2. The first-order chi connectivity index (χ1) is 10.1. The van der Waals surface area contributed by atoms with Crippen molar-refractivity contribution >= 4 is 6.03 Å². The number of rotatable bonds is 7. The molecule has 21 heavy (non-hydrogen) atoms. The van der Waals surface area contributed by atoms with Gasteiger partial charge in [-0.05, 0) is 36.7 Å². The Balaban J connectivity index is 1.82. The number of amides is 2. The lowest BCUT2D eigenvalue weighted by molar-refractivity contribution is 0.146. The van der Waals surface area contributed by atoms with Crippen LogP contribution < -0.4 is 10.6 Å². The molecule has 2 rings (SSSR count). The Kier molecular flexibility index (Phi) is 5.62. The van der Waals surface area contributed by atoms with Crippen LogP contribution in [0.3, 0.4) is 0 Å². The minimum atomic E-state index is -0.480. The Morgan fingerprint density at radius 1 is 1.29 bits per heavy atom. The van der Waals surface area contributed by atoms with Crippen LogP contribution in [-0.2, 0) is 0 Å². The van der Waals surface area contributed by atoms with Gasteiger partial charge in [-0.15, -0.1) is 0 Å². The van der Waals surface area contributed by atoms with Crippen molar-refractivity contribution in [2.24, 2.45) is 11.8 Å². The standard InChI is InChI=1S/C17H26N2O2/c1-12(2)10-15(20)11-18-17(21)19-16(14-8-9-14)13-6-4-3-5-7-13/h3-7,12,14-16,20H,8-11H2,1-2H3,(H2,18,19,21). The molecule has 116 valence electrons. The highest BCUT2D eigenvalue weighted by Crippen LogP contribution is 2.40. The minimum Gasteiger partial charge on any atom is -0.391 e. The molecule has 0 spiro atoms. The van der Waals surface area contributed by atoms with E-state index in [1.54, 1.807) is 0 Å². The molecule has 0 radical (unpaired) electrons. The number of urea groups is 1. The molecule has 0 heterocycles. The second-order valence-corrected chi connectivity index (χ2v) is 6.36. The van der Waals surface area contributed by atoms with Crippen LogP contribution in [0.1, 0.15) is 44.7 Å². The van der Waals surface area contributed by atoms with Crippen LogP contribution in [0.5, 0.6) is 0 Å². The zero-order valence-corrected chi connectivity index (χ0v) is 12.9. The summed E-state index contributed by atoms with van der Waals surface area (Å²) in [6, 6.07) is 9.96. The quantitative estimate of drug-likeness (QED) is 0.723. The van der Waals surface area contributed by atoms with Gasteiger partial charge in [0.25, 0.3) is 0 Å². The van der Waals surface area contributed by atoms with Crippen LogP contribution in [0, 0.1) is 11.8 Å². The number of carbonyl (C=O) groups excluding carboxylic acids is 1. The molecule has 0 bridgehead atoms. The predicted octanol–water partition coefficient (Wildman–Crippen LogP) is 2.84. The Labute approximate surface area is 126 Å². The summed E-state index contributed by atoms with van der Waals surface area (Å²) in [6.07, 6.45) is 2.54. The molecule has 1 aliphatic rings. The van der Waals surface area contributed by atoms with Gasteiger partial charge < -0.3 is 15.7 Å². The van der Waals surface area contributed by atoms with Crippen LogP contribution in [0.2, 0.25) is 0 Å². The highest BCUT2D eigenvalue weighted by atomic mass is 16.3. The number of aliphatic hydroxyl groups excluding tert-OH is 1. The number of carbonyl (C=O) groups is 1. The third-order valence-electron chi connectivity index (χ3n) is 3.78. The van der Waals surface area contributed by atoms with Crippen molar-refractivity contribution in [1.82, 2.24) is 10.6 Å². The highest BCUT2D eigenvalue weighted by Gasteiger charge is 2.33. The van der Waals surface area contributed by atoms with Crippen LogP contribution >= 0.6 is 0 Å². The maximum Gasteiger partial charge on any atom is 0.315 e.